The summed E-state index contributed by atoms with van der Waals surface area (Å²) in [6.07, 6.45) is 0. The van der Waals surface area contributed by atoms with Crippen molar-refractivity contribution in [2.75, 3.05) is 9.80 Å². The summed E-state index contributed by atoms with van der Waals surface area (Å²) in [7, 11) is 0. The largest absolute Gasteiger partial charge is 0.423 e. The number of ether oxygens (including phenoxy) is 2. The quantitative estimate of drug-likeness (QED) is 0.0931. The number of esters is 2. The predicted octanol–water partition coefficient (Wildman–Crippen LogP) is 9.59. The molecule has 44 heavy (non-hydrogen) atoms. The van der Waals surface area contributed by atoms with Crippen LogP contribution in [0.1, 0.15) is 13.8 Å². The van der Waals surface area contributed by atoms with Crippen LogP contribution in [0, 0.1) is 0 Å². The third kappa shape index (κ3) is 6.94. The van der Waals surface area contributed by atoms with Crippen LogP contribution in [-0.4, -0.2) is 11.9 Å². The van der Waals surface area contributed by atoms with E-state index in [9.17, 15) is 9.59 Å². The Labute approximate surface area is 257 Å². The van der Waals surface area contributed by atoms with Crippen LogP contribution in [0.2, 0.25) is 0 Å². The number of rotatable bonds is 10. The highest BCUT2D eigenvalue weighted by Crippen LogP contribution is 2.40. The van der Waals surface area contributed by atoms with E-state index in [2.05, 4.69) is 23.0 Å². The van der Waals surface area contributed by atoms with Crippen molar-refractivity contribution >= 4 is 46.1 Å². The van der Waals surface area contributed by atoms with Gasteiger partial charge in [-0.15, -0.1) is 0 Å². The molecule has 0 aliphatic carbocycles. The van der Waals surface area contributed by atoms with Crippen LogP contribution in [0.25, 0.3) is 0 Å². The lowest BCUT2D eigenvalue weighted by Gasteiger charge is -2.28. The molecule has 5 aromatic carbocycles. The smallest absolute Gasteiger partial charge is 0.338 e. The van der Waals surface area contributed by atoms with Crippen LogP contribution in [-0.2, 0) is 9.59 Å². The molecule has 0 N–H and O–H groups in total. The zero-order valence-corrected chi connectivity index (χ0v) is 24.6. The van der Waals surface area contributed by atoms with Crippen molar-refractivity contribution in [2.24, 2.45) is 0 Å². The number of nitrogens with zero attached hydrogens (tertiary/aromatic N) is 2. The zero-order chi connectivity index (χ0) is 31.1. The average Bonchev–Trinajstić information content (AvgIpc) is 3.03. The summed E-state index contributed by atoms with van der Waals surface area (Å²) in [5.74, 6) is -0.0967. The minimum absolute atomic E-state index is 0.327. The van der Waals surface area contributed by atoms with Gasteiger partial charge < -0.3 is 19.3 Å². The van der Waals surface area contributed by atoms with E-state index in [4.69, 9.17) is 9.47 Å². The van der Waals surface area contributed by atoms with Gasteiger partial charge in [0.2, 0.25) is 0 Å². The molecule has 0 amide bonds. The number of para-hydroxylation sites is 2. The molecule has 5 rings (SSSR count). The second-order valence-corrected chi connectivity index (χ2v) is 10.2. The fourth-order valence-corrected chi connectivity index (χ4v) is 4.56. The Hall–Kier alpha value is -5.88. The molecular formula is C38H32N2O4. The first-order chi connectivity index (χ1) is 21.3. The van der Waals surface area contributed by atoms with Crippen molar-refractivity contribution in [1.29, 1.82) is 0 Å². The lowest BCUT2D eigenvalue weighted by atomic mass is 10.1. The van der Waals surface area contributed by atoms with Crippen LogP contribution in [0.4, 0.5) is 34.1 Å². The van der Waals surface area contributed by atoms with Gasteiger partial charge in [-0.05, 0) is 86.6 Å². The molecule has 0 radical (unpaired) electrons. The third-order valence-corrected chi connectivity index (χ3v) is 6.66. The summed E-state index contributed by atoms with van der Waals surface area (Å²) in [6, 6.07) is 42.9. The van der Waals surface area contributed by atoms with E-state index < -0.39 is 11.9 Å². The van der Waals surface area contributed by atoms with Gasteiger partial charge in [0.05, 0.1) is 0 Å². The lowest BCUT2D eigenvalue weighted by molar-refractivity contribution is -0.130. The number of carbonyl (C=O) groups is 2. The van der Waals surface area contributed by atoms with Gasteiger partial charge in [0.15, 0.2) is 0 Å². The van der Waals surface area contributed by atoms with Crippen molar-refractivity contribution in [3.05, 3.63) is 158 Å². The highest BCUT2D eigenvalue weighted by molar-refractivity contribution is 5.90. The minimum Gasteiger partial charge on any atom is -0.423 e. The van der Waals surface area contributed by atoms with Gasteiger partial charge in [0, 0.05) is 57.4 Å². The Balaban J connectivity index is 1.54. The fraction of sp³-hybridized carbons (Fsp3) is 0.0526. The molecule has 0 aliphatic heterocycles. The van der Waals surface area contributed by atoms with E-state index >= 15 is 0 Å². The monoisotopic (exact) mass is 580 g/mol. The highest BCUT2D eigenvalue weighted by Gasteiger charge is 2.18. The second kappa shape index (κ2) is 13.4. The lowest BCUT2D eigenvalue weighted by Crippen LogP contribution is -2.13. The maximum atomic E-state index is 12.2. The first kappa shape index (κ1) is 29.6. The minimum atomic E-state index is -0.475. The van der Waals surface area contributed by atoms with E-state index in [1.165, 1.54) is 0 Å². The third-order valence-electron chi connectivity index (χ3n) is 6.66. The molecule has 218 valence electrons. The van der Waals surface area contributed by atoms with E-state index in [1.54, 1.807) is 26.0 Å². The van der Waals surface area contributed by atoms with Crippen LogP contribution in [0.5, 0.6) is 11.5 Å². The Bertz CT molecular complexity index is 1660. The van der Waals surface area contributed by atoms with Crippen molar-refractivity contribution in [3.63, 3.8) is 0 Å². The summed E-state index contributed by atoms with van der Waals surface area (Å²) in [5, 5.41) is 0. The molecule has 0 fully saturated rings. The summed E-state index contributed by atoms with van der Waals surface area (Å²) < 4.78 is 11.1. The summed E-state index contributed by atoms with van der Waals surface area (Å²) in [4.78, 5) is 28.6. The topological polar surface area (TPSA) is 59.1 Å². The van der Waals surface area contributed by atoms with Crippen LogP contribution >= 0.6 is 0 Å². The Morgan fingerprint density at radius 1 is 0.455 bits per heavy atom. The number of hydrogen-bond donors (Lipinski definition) is 0. The first-order valence-corrected chi connectivity index (χ1v) is 14.1. The van der Waals surface area contributed by atoms with Crippen LogP contribution in [0.15, 0.2) is 158 Å². The molecule has 0 spiro atoms. The highest BCUT2D eigenvalue weighted by atomic mass is 16.5. The van der Waals surface area contributed by atoms with Crippen molar-refractivity contribution in [3.8, 4) is 11.5 Å². The van der Waals surface area contributed by atoms with Crippen LogP contribution in [0.3, 0.4) is 0 Å². The zero-order valence-electron chi connectivity index (χ0n) is 24.6. The average molecular weight is 581 g/mol. The Kier molecular flexibility index (Phi) is 9.02. The molecule has 0 aromatic heterocycles. The standard InChI is InChI=1S/C38H32N2O4/c1-27(2)37(41)43-35-19-11-17-33(25-35)39(29-13-7-5-8-14-29)31-21-23-32(24-22-31)40(30-15-9-6-10-16-30)34-18-12-20-36(26-34)44-38(42)28(3)4/h5-26H,1,3H2,2,4H3. The van der Waals surface area contributed by atoms with Crippen LogP contribution < -0.4 is 19.3 Å². The van der Waals surface area contributed by atoms with E-state index in [1.807, 2.05) is 121 Å². The van der Waals surface area contributed by atoms with Crippen molar-refractivity contribution < 1.29 is 19.1 Å². The molecule has 0 saturated carbocycles. The number of anilines is 6. The number of hydrogen-bond acceptors (Lipinski definition) is 6. The van der Waals surface area contributed by atoms with Gasteiger partial charge in [0.1, 0.15) is 11.5 Å². The van der Waals surface area contributed by atoms with Crippen molar-refractivity contribution in [1.82, 2.24) is 0 Å². The molecular weight excluding hydrogens is 548 g/mol. The first-order valence-electron chi connectivity index (χ1n) is 14.1. The maximum absolute atomic E-state index is 12.2. The van der Waals surface area contributed by atoms with E-state index in [0.717, 1.165) is 34.1 Å². The summed E-state index contributed by atoms with van der Waals surface area (Å²) in [6.45, 7) is 10.6. The Morgan fingerprint density at radius 2 is 0.773 bits per heavy atom. The van der Waals surface area contributed by atoms with E-state index in [0.29, 0.717) is 22.6 Å². The molecule has 0 atom stereocenters. The normalized spacial score (nSPS) is 10.4. The van der Waals surface area contributed by atoms with Gasteiger partial charge >= 0.3 is 11.9 Å². The molecule has 0 bridgehead atoms. The fourth-order valence-electron chi connectivity index (χ4n) is 4.56. The summed E-state index contributed by atoms with van der Waals surface area (Å²) in [5.41, 5.74) is 5.99. The van der Waals surface area contributed by atoms with Gasteiger partial charge in [-0.1, -0.05) is 61.7 Å². The van der Waals surface area contributed by atoms with Gasteiger partial charge in [-0.25, -0.2) is 9.59 Å². The molecule has 0 unspecified atom stereocenters. The molecule has 6 nitrogen and oxygen atoms in total. The van der Waals surface area contributed by atoms with Gasteiger partial charge in [-0.3, -0.25) is 0 Å². The molecule has 0 saturated heterocycles. The molecule has 6 heteroatoms. The maximum Gasteiger partial charge on any atom is 0.338 e. The van der Waals surface area contributed by atoms with Gasteiger partial charge in [-0.2, -0.15) is 0 Å². The SMILES string of the molecule is C=C(C)C(=O)Oc1cccc(N(c2ccccc2)c2ccc(N(c3ccccc3)c3cccc(OC(=O)C(=C)C)c3)cc2)c1. The number of carbonyl (C=O) groups excluding carboxylic acids is 2. The Morgan fingerprint density at radius 3 is 1.11 bits per heavy atom. The predicted molar refractivity (Wildman–Crippen MR) is 177 cm³/mol. The summed E-state index contributed by atoms with van der Waals surface area (Å²) >= 11 is 0. The molecule has 5 aromatic rings. The van der Waals surface area contributed by atoms with Crippen molar-refractivity contribution in [2.45, 2.75) is 13.8 Å². The molecule has 0 heterocycles. The van der Waals surface area contributed by atoms with E-state index in [-0.39, 0.29) is 0 Å². The van der Waals surface area contributed by atoms with Gasteiger partial charge in [0.25, 0.3) is 0 Å². The molecule has 0 aliphatic rings. The number of benzene rings is 5. The second-order valence-electron chi connectivity index (χ2n) is 10.2.